The molecule has 2 aromatic rings. The largest absolute Gasteiger partial charge is 0.376 e. The molecule has 0 spiro atoms. The molecular weight excluding hydrogens is 318 g/mol. The summed E-state index contributed by atoms with van der Waals surface area (Å²) in [7, 11) is 0. The number of hydrogen-bond acceptors (Lipinski definition) is 7. The molecule has 0 aliphatic carbocycles. The molecule has 0 saturated carbocycles. The molecule has 2 aromatic heterocycles. The number of aromatic nitrogens is 5. The van der Waals surface area contributed by atoms with Gasteiger partial charge in [0.2, 0.25) is 5.95 Å². The van der Waals surface area contributed by atoms with E-state index in [-0.39, 0.29) is 6.10 Å². The van der Waals surface area contributed by atoms with E-state index in [4.69, 9.17) is 9.72 Å². The van der Waals surface area contributed by atoms with Gasteiger partial charge in [-0.1, -0.05) is 13.8 Å². The van der Waals surface area contributed by atoms with Gasteiger partial charge in [-0.15, -0.1) is 10.2 Å². The predicted molar refractivity (Wildman–Crippen MR) is 94.3 cm³/mol. The summed E-state index contributed by atoms with van der Waals surface area (Å²) in [5, 5.41) is 11.7. The Morgan fingerprint density at radius 2 is 2.24 bits per heavy atom. The maximum atomic E-state index is 5.97. The van der Waals surface area contributed by atoms with Crippen molar-refractivity contribution in [2.75, 3.05) is 23.4 Å². The van der Waals surface area contributed by atoms with Crippen LogP contribution >= 0.6 is 0 Å². The Labute approximate surface area is 147 Å². The van der Waals surface area contributed by atoms with E-state index >= 15 is 0 Å². The van der Waals surface area contributed by atoms with Gasteiger partial charge >= 0.3 is 0 Å². The first-order chi connectivity index (χ1) is 12.2. The molecule has 4 rings (SSSR count). The summed E-state index contributed by atoms with van der Waals surface area (Å²) in [6.07, 6.45) is 6.01. The van der Waals surface area contributed by atoms with Crippen LogP contribution in [0.15, 0.2) is 18.6 Å². The van der Waals surface area contributed by atoms with E-state index in [9.17, 15) is 0 Å². The summed E-state index contributed by atoms with van der Waals surface area (Å²) in [6.45, 7) is 7.67. The molecule has 2 atom stereocenters. The average molecular weight is 343 g/mol. The fourth-order valence-electron chi connectivity index (χ4n) is 3.62. The van der Waals surface area contributed by atoms with Gasteiger partial charge in [-0.25, -0.2) is 4.98 Å². The molecule has 1 fully saturated rings. The molecule has 0 amide bonds. The van der Waals surface area contributed by atoms with Crippen LogP contribution in [0.4, 0.5) is 11.8 Å². The molecule has 8 heteroatoms. The standard InChI is InChI=1S/C17H25N7O/c1-12(2)16-13(4-3-9-25-16)20-14-5-6-18-17(21-14)23-7-8-24-11-19-22-15(24)10-23/h5-6,11-13,16H,3-4,7-10H2,1-2H3,(H,18,20,21)/t13-,16+/m1/s1. The van der Waals surface area contributed by atoms with Crippen LogP contribution in [0.5, 0.6) is 0 Å². The van der Waals surface area contributed by atoms with Crippen LogP contribution in [-0.4, -0.2) is 50.0 Å². The fraction of sp³-hybridized carbons (Fsp3) is 0.647. The van der Waals surface area contributed by atoms with Crippen molar-refractivity contribution in [2.45, 2.75) is 51.9 Å². The van der Waals surface area contributed by atoms with E-state index < -0.39 is 0 Å². The summed E-state index contributed by atoms with van der Waals surface area (Å²) in [4.78, 5) is 11.3. The third kappa shape index (κ3) is 3.44. The highest BCUT2D eigenvalue weighted by Crippen LogP contribution is 2.24. The van der Waals surface area contributed by atoms with E-state index in [1.165, 1.54) is 0 Å². The van der Waals surface area contributed by atoms with Gasteiger partial charge in [0.25, 0.3) is 0 Å². The second kappa shape index (κ2) is 6.95. The third-order valence-electron chi connectivity index (χ3n) is 4.92. The van der Waals surface area contributed by atoms with Crippen LogP contribution < -0.4 is 10.2 Å². The van der Waals surface area contributed by atoms with Crippen molar-refractivity contribution < 1.29 is 4.74 Å². The van der Waals surface area contributed by atoms with Crippen LogP contribution in [0.2, 0.25) is 0 Å². The second-order valence-electron chi connectivity index (χ2n) is 7.08. The Morgan fingerprint density at radius 1 is 1.32 bits per heavy atom. The summed E-state index contributed by atoms with van der Waals surface area (Å²) >= 11 is 0. The van der Waals surface area contributed by atoms with Crippen LogP contribution in [0, 0.1) is 5.92 Å². The maximum absolute atomic E-state index is 5.97. The lowest BCUT2D eigenvalue weighted by molar-refractivity contribution is -0.0203. The highest BCUT2D eigenvalue weighted by Gasteiger charge is 2.29. The highest BCUT2D eigenvalue weighted by molar-refractivity contribution is 5.42. The second-order valence-corrected chi connectivity index (χ2v) is 7.08. The fourth-order valence-corrected chi connectivity index (χ4v) is 3.62. The molecule has 0 bridgehead atoms. The minimum atomic E-state index is 0.223. The Balaban J connectivity index is 1.48. The van der Waals surface area contributed by atoms with Gasteiger partial charge in [0.15, 0.2) is 5.82 Å². The predicted octanol–water partition coefficient (Wildman–Crippen LogP) is 1.70. The lowest BCUT2D eigenvalue weighted by Gasteiger charge is -2.35. The Kier molecular flexibility index (Phi) is 4.52. The Morgan fingerprint density at radius 3 is 3.12 bits per heavy atom. The number of nitrogens with one attached hydrogen (secondary N) is 1. The number of hydrogen-bond donors (Lipinski definition) is 1. The molecule has 1 N–H and O–H groups in total. The summed E-state index contributed by atoms with van der Waals surface area (Å²) < 4.78 is 8.04. The number of fused-ring (bicyclic) bond motifs is 1. The summed E-state index contributed by atoms with van der Waals surface area (Å²) in [5.41, 5.74) is 0. The zero-order chi connectivity index (χ0) is 17.2. The van der Waals surface area contributed by atoms with Crippen molar-refractivity contribution in [1.29, 1.82) is 0 Å². The first-order valence-electron chi connectivity index (χ1n) is 9.03. The van der Waals surface area contributed by atoms with Gasteiger partial charge < -0.3 is 19.5 Å². The molecule has 2 aliphatic rings. The van der Waals surface area contributed by atoms with Crippen molar-refractivity contribution in [3.8, 4) is 0 Å². The molecule has 0 unspecified atom stereocenters. The topological polar surface area (TPSA) is 81.0 Å². The van der Waals surface area contributed by atoms with E-state index in [1.54, 1.807) is 6.33 Å². The average Bonchev–Trinajstić information content (AvgIpc) is 3.10. The molecule has 0 radical (unpaired) electrons. The van der Waals surface area contributed by atoms with Gasteiger partial charge in [0.1, 0.15) is 12.1 Å². The van der Waals surface area contributed by atoms with E-state index in [1.807, 2.05) is 12.3 Å². The SMILES string of the molecule is CC(C)[C@@H]1OCCC[C@H]1Nc1ccnc(N2CCn3cnnc3C2)n1. The first kappa shape index (κ1) is 16.3. The molecule has 2 aliphatic heterocycles. The van der Waals surface area contributed by atoms with Gasteiger partial charge in [0.05, 0.1) is 18.7 Å². The van der Waals surface area contributed by atoms with Gasteiger partial charge in [-0.05, 0) is 24.8 Å². The van der Waals surface area contributed by atoms with Gasteiger partial charge in [0, 0.05) is 25.9 Å². The normalized spacial score (nSPS) is 23.6. The number of anilines is 2. The van der Waals surface area contributed by atoms with Crippen LogP contribution in [0.1, 0.15) is 32.5 Å². The van der Waals surface area contributed by atoms with Gasteiger partial charge in [-0.3, -0.25) is 0 Å². The van der Waals surface area contributed by atoms with Crippen molar-refractivity contribution >= 4 is 11.8 Å². The minimum Gasteiger partial charge on any atom is -0.376 e. The van der Waals surface area contributed by atoms with E-state index in [0.717, 1.165) is 50.1 Å². The van der Waals surface area contributed by atoms with Crippen LogP contribution in [0.25, 0.3) is 0 Å². The Hall–Kier alpha value is -2.22. The van der Waals surface area contributed by atoms with Gasteiger partial charge in [-0.2, -0.15) is 4.98 Å². The smallest absolute Gasteiger partial charge is 0.227 e. The molecule has 25 heavy (non-hydrogen) atoms. The monoisotopic (exact) mass is 343 g/mol. The molecule has 134 valence electrons. The zero-order valence-electron chi connectivity index (χ0n) is 14.8. The summed E-state index contributed by atoms with van der Waals surface area (Å²) in [5.74, 6) is 3.02. The lowest BCUT2D eigenvalue weighted by atomic mass is 9.94. The van der Waals surface area contributed by atoms with E-state index in [0.29, 0.717) is 18.5 Å². The number of nitrogens with zero attached hydrogens (tertiary/aromatic N) is 6. The molecule has 4 heterocycles. The van der Waals surface area contributed by atoms with Crippen molar-refractivity contribution in [3.63, 3.8) is 0 Å². The maximum Gasteiger partial charge on any atom is 0.227 e. The molecule has 1 saturated heterocycles. The first-order valence-corrected chi connectivity index (χ1v) is 9.03. The van der Waals surface area contributed by atoms with Crippen LogP contribution in [-0.2, 0) is 17.8 Å². The van der Waals surface area contributed by atoms with Crippen LogP contribution in [0.3, 0.4) is 0 Å². The highest BCUT2D eigenvalue weighted by atomic mass is 16.5. The lowest BCUT2D eigenvalue weighted by Crippen LogP contribution is -2.43. The third-order valence-corrected chi connectivity index (χ3v) is 4.92. The quantitative estimate of drug-likeness (QED) is 0.905. The van der Waals surface area contributed by atoms with Crippen molar-refractivity contribution in [2.24, 2.45) is 5.92 Å². The molecule has 0 aromatic carbocycles. The number of rotatable bonds is 4. The molecule has 8 nitrogen and oxygen atoms in total. The number of ether oxygens (including phenoxy) is 1. The molecular formula is C17H25N7O. The Bertz CT molecular complexity index is 717. The van der Waals surface area contributed by atoms with E-state index in [2.05, 4.69) is 43.8 Å². The minimum absolute atomic E-state index is 0.223. The zero-order valence-corrected chi connectivity index (χ0v) is 14.8. The van der Waals surface area contributed by atoms with Crippen molar-refractivity contribution in [3.05, 3.63) is 24.4 Å². The summed E-state index contributed by atoms with van der Waals surface area (Å²) in [6, 6.07) is 2.23. The van der Waals surface area contributed by atoms with Crippen molar-refractivity contribution in [1.82, 2.24) is 24.7 Å².